The first-order valence-electron chi connectivity index (χ1n) is 7.01. The lowest BCUT2D eigenvalue weighted by Crippen LogP contribution is -2.39. The molecule has 2 amide bonds. The van der Waals surface area contributed by atoms with Crippen molar-refractivity contribution in [3.8, 4) is 5.75 Å². The van der Waals surface area contributed by atoms with Gasteiger partial charge in [0, 0.05) is 10.7 Å². The van der Waals surface area contributed by atoms with E-state index in [2.05, 4.69) is 10.6 Å². The summed E-state index contributed by atoms with van der Waals surface area (Å²) in [5, 5.41) is 6.20. The van der Waals surface area contributed by atoms with Crippen LogP contribution in [0, 0.1) is 13.8 Å². The number of carbonyl (C=O) groups excluding carboxylic acids is 1. The van der Waals surface area contributed by atoms with E-state index in [9.17, 15) is 4.79 Å². The summed E-state index contributed by atoms with van der Waals surface area (Å²) in [5.74, 6) is 0.643. The number of carbonyl (C=O) groups is 1. The summed E-state index contributed by atoms with van der Waals surface area (Å²) in [4.78, 5) is 12.0. The molecule has 22 heavy (non-hydrogen) atoms. The number of aryl methyl sites for hydroxylation is 1. The van der Waals surface area contributed by atoms with Crippen LogP contribution in [-0.4, -0.2) is 12.3 Å². The molecule has 2 aromatic rings. The zero-order chi connectivity index (χ0) is 16.1. The maximum atomic E-state index is 12.0. The molecule has 0 heterocycles. The molecule has 4 nitrogen and oxygen atoms in total. The fraction of sp³-hybridized carbons (Fsp3) is 0.235. The van der Waals surface area contributed by atoms with Crippen molar-refractivity contribution in [2.75, 3.05) is 5.32 Å². The number of hydrogen-bond donors (Lipinski definition) is 2. The molecular weight excluding hydrogens is 300 g/mol. The highest BCUT2D eigenvalue weighted by Gasteiger charge is 2.10. The summed E-state index contributed by atoms with van der Waals surface area (Å²) in [6.07, 6.45) is -0.466. The van der Waals surface area contributed by atoms with Gasteiger partial charge in [-0.15, -0.1) is 0 Å². The molecule has 2 N–H and O–H groups in total. The monoisotopic (exact) mass is 318 g/mol. The average molecular weight is 319 g/mol. The van der Waals surface area contributed by atoms with E-state index in [1.165, 1.54) is 0 Å². The van der Waals surface area contributed by atoms with Gasteiger partial charge in [-0.05, 0) is 62.2 Å². The van der Waals surface area contributed by atoms with Crippen molar-refractivity contribution in [2.45, 2.75) is 27.0 Å². The second-order valence-electron chi connectivity index (χ2n) is 5.06. The molecular formula is C17H19ClN2O2. The van der Waals surface area contributed by atoms with Gasteiger partial charge in [0.25, 0.3) is 0 Å². The number of anilines is 1. The van der Waals surface area contributed by atoms with E-state index >= 15 is 0 Å². The van der Waals surface area contributed by atoms with Crippen LogP contribution in [-0.2, 0) is 0 Å². The molecule has 1 unspecified atom stereocenters. The third-order valence-electron chi connectivity index (χ3n) is 3.31. The summed E-state index contributed by atoms with van der Waals surface area (Å²) in [6.45, 7) is 5.74. The maximum Gasteiger partial charge on any atom is 0.322 e. The van der Waals surface area contributed by atoms with E-state index in [0.29, 0.717) is 10.8 Å². The Morgan fingerprint density at radius 2 is 1.82 bits per heavy atom. The molecule has 0 spiro atoms. The van der Waals surface area contributed by atoms with Gasteiger partial charge in [0.2, 0.25) is 0 Å². The average Bonchev–Trinajstić information content (AvgIpc) is 2.46. The topological polar surface area (TPSA) is 50.4 Å². The minimum absolute atomic E-state index is 0.310. The van der Waals surface area contributed by atoms with Crippen LogP contribution < -0.4 is 15.4 Å². The molecule has 0 fully saturated rings. The van der Waals surface area contributed by atoms with Crippen LogP contribution >= 0.6 is 11.6 Å². The fourth-order valence-corrected chi connectivity index (χ4v) is 2.10. The highest BCUT2D eigenvalue weighted by atomic mass is 35.5. The Morgan fingerprint density at radius 1 is 1.14 bits per heavy atom. The second-order valence-corrected chi connectivity index (χ2v) is 5.50. The minimum Gasteiger partial charge on any atom is -0.471 e. The Balaban J connectivity index is 1.91. The van der Waals surface area contributed by atoms with Crippen molar-refractivity contribution in [3.05, 3.63) is 58.6 Å². The molecule has 0 aliphatic heterocycles. The van der Waals surface area contributed by atoms with E-state index in [1.54, 1.807) is 31.2 Å². The van der Waals surface area contributed by atoms with Crippen LogP contribution in [0.1, 0.15) is 18.1 Å². The van der Waals surface area contributed by atoms with Gasteiger partial charge >= 0.3 is 6.03 Å². The second kappa shape index (κ2) is 7.18. The predicted octanol–water partition coefficient (Wildman–Crippen LogP) is 4.50. The number of urea groups is 1. The van der Waals surface area contributed by atoms with Gasteiger partial charge in [0.1, 0.15) is 5.75 Å². The van der Waals surface area contributed by atoms with Crippen molar-refractivity contribution in [2.24, 2.45) is 0 Å². The quantitative estimate of drug-likeness (QED) is 0.815. The van der Waals surface area contributed by atoms with Crippen LogP contribution in [0.3, 0.4) is 0 Å². The Bertz CT molecular complexity index is 656. The zero-order valence-electron chi connectivity index (χ0n) is 12.8. The molecule has 5 heteroatoms. The Labute approximate surface area is 135 Å². The van der Waals surface area contributed by atoms with Gasteiger partial charge in [0.05, 0.1) is 0 Å². The summed E-state index contributed by atoms with van der Waals surface area (Å²) in [5.41, 5.74) is 2.96. The zero-order valence-corrected chi connectivity index (χ0v) is 13.6. The number of benzene rings is 2. The molecule has 116 valence electrons. The van der Waals surface area contributed by atoms with E-state index < -0.39 is 6.23 Å². The maximum absolute atomic E-state index is 12.0. The molecule has 0 saturated carbocycles. The summed E-state index contributed by atoms with van der Waals surface area (Å²) >= 11 is 5.82. The van der Waals surface area contributed by atoms with Crippen LogP contribution in [0.25, 0.3) is 0 Å². The van der Waals surface area contributed by atoms with Gasteiger partial charge in [-0.3, -0.25) is 0 Å². The third kappa shape index (κ3) is 4.40. The third-order valence-corrected chi connectivity index (χ3v) is 3.57. The molecule has 2 rings (SSSR count). The van der Waals surface area contributed by atoms with Crippen LogP contribution in [0.15, 0.2) is 42.5 Å². The highest BCUT2D eigenvalue weighted by molar-refractivity contribution is 6.30. The summed E-state index contributed by atoms with van der Waals surface area (Å²) in [6, 6.07) is 12.4. The minimum atomic E-state index is -0.466. The van der Waals surface area contributed by atoms with Gasteiger partial charge in [-0.25, -0.2) is 4.79 Å². The van der Waals surface area contributed by atoms with Crippen LogP contribution in [0.5, 0.6) is 5.75 Å². The molecule has 0 radical (unpaired) electrons. The SMILES string of the molecule is Cc1cccc(NC(=O)NC(C)Oc2ccc(Cl)cc2)c1C. The number of amides is 2. The first-order valence-corrected chi connectivity index (χ1v) is 7.39. The van der Waals surface area contributed by atoms with E-state index in [4.69, 9.17) is 16.3 Å². The van der Waals surface area contributed by atoms with Crippen molar-refractivity contribution >= 4 is 23.3 Å². The lowest BCUT2D eigenvalue weighted by atomic mass is 10.1. The molecule has 0 saturated heterocycles. The number of halogens is 1. The highest BCUT2D eigenvalue weighted by Crippen LogP contribution is 2.18. The van der Waals surface area contributed by atoms with Crippen molar-refractivity contribution in [1.29, 1.82) is 0 Å². The standard InChI is InChI=1S/C17H19ClN2O2/c1-11-5-4-6-16(12(11)2)20-17(21)19-13(3)22-15-9-7-14(18)8-10-15/h4-10,13H,1-3H3,(H2,19,20,21). The largest absolute Gasteiger partial charge is 0.471 e. The van der Waals surface area contributed by atoms with Crippen molar-refractivity contribution < 1.29 is 9.53 Å². The molecule has 1 atom stereocenters. The number of rotatable bonds is 4. The van der Waals surface area contributed by atoms with Crippen LogP contribution in [0.4, 0.5) is 10.5 Å². The molecule has 0 aliphatic carbocycles. The van der Waals surface area contributed by atoms with Gasteiger partial charge in [-0.1, -0.05) is 23.7 Å². The predicted molar refractivity (Wildman–Crippen MR) is 89.6 cm³/mol. The Kier molecular flexibility index (Phi) is 5.28. The first-order chi connectivity index (χ1) is 10.5. The number of hydrogen-bond acceptors (Lipinski definition) is 2. The van der Waals surface area contributed by atoms with E-state index in [0.717, 1.165) is 16.8 Å². The Morgan fingerprint density at radius 3 is 2.50 bits per heavy atom. The van der Waals surface area contributed by atoms with Gasteiger partial charge in [0.15, 0.2) is 6.23 Å². The van der Waals surface area contributed by atoms with E-state index in [-0.39, 0.29) is 6.03 Å². The van der Waals surface area contributed by atoms with Gasteiger partial charge in [-0.2, -0.15) is 0 Å². The first kappa shape index (κ1) is 16.2. The summed E-state index contributed by atoms with van der Waals surface area (Å²) < 4.78 is 5.60. The number of nitrogens with one attached hydrogen (secondary N) is 2. The molecule has 0 aliphatic rings. The van der Waals surface area contributed by atoms with Crippen molar-refractivity contribution in [1.82, 2.24) is 5.32 Å². The molecule has 2 aromatic carbocycles. The fourth-order valence-electron chi connectivity index (χ4n) is 1.98. The van der Waals surface area contributed by atoms with Crippen LogP contribution in [0.2, 0.25) is 5.02 Å². The van der Waals surface area contributed by atoms with Gasteiger partial charge < -0.3 is 15.4 Å². The summed E-state index contributed by atoms with van der Waals surface area (Å²) in [7, 11) is 0. The molecule has 0 aromatic heterocycles. The lowest BCUT2D eigenvalue weighted by molar-refractivity contribution is 0.183. The van der Waals surface area contributed by atoms with Crippen molar-refractivity contribution in [3.63, 3.8) is 0 Å². The Hall–Kier alpha value is -2.20. The number of ether oxygens (including phenoxy) is 1. The molecule has 0 bridgehead atoms. The van der Waals surface area contributed by atoms with E-state index in [1.807, 2.05) is 32.0 Å². The smallest absolute Gasteiger partial charge is 0.322 e. The normalized spacial score (nSPS) is 11.6. The lowest BCUT2D eigenvalue weighted by Gasteiger charge is -2.17.